The van der Waals surface area contributed by atoms with Crippen LogP contribution >= 0.6 is 0 Å². The molecule has 0 aromatic carbocycles. The number of ether oxygens (including phenoxy) is 2. The first-order valence-corrected chi connectivity index (χ1v) is 4.97. The first-order chi connectivity index (χ1) is 6.58. The Bertz CT molecular complexity index is 222. The minimum absolute atomic E-state index is 0.0753. The Hall–Kier alpha value is -1.06. The quantitative estimate of drug-likeness (QED) is 0.644. The number of hydrogen-bond donors (Lipinski definition) is 0. The van der Waals surface area contributed by atoms with Crippen LogP contribution in [0.2, 0.25) is 0 Å². The van der Waals surface area contributed by atoms with Crippen molar-refractivity contribution >= 4 is 11.9 Å². The zero-order valence-electron chi connectivity index (χ0n) is 8.62. The van der Waals surface area contributed by atoms with Crippen molar-refractivity contribution in [3.8, 4) is 0 Å². The van der Waals surface area contributed by atoms with Crippen molar-refractivity contribution in [1.82, 2.24) is 0 Å². The van der Waals surface area contributed by atoms with Crippen molar-refractivity contribution in [3.63, 3.8) is 0 Å². The van der Waals surface area contributed by atoms with Gasteiger partial charge in [0.25, 0.3) is 0 Å². The van der Waals surface area contributed by atoms with Crippen LogP contribution in [0.25, 0.3) is 0 Å². The minimum Gasteiger partial charge on any atom is -0.463 e. The normalized spacial score (nSPS) is 21.1. The third kappa shape index (κ3) is 3.77. The first kappa shape index (κ1) is 11.0. The molecule has 1 aliphatic rings. The van der Waals surface area contributed by atoms with Crippen LogP contribution in [0.4, 0.5) is 0 Å². The Kier molecular flexibility index (Phi) is 3.92. The van der Waals surface area contributed by atoms with E-state index in [0.717, 1.165) is 6.42 Å². The average molecular weight is 200 g/mol. The van der Waals surface area contributed by atoms with E-state index in [9.17, 15) is 9.59 Å². The topological polar surface area (TPSA) is 52.6 Å². The molecule has 0 aromatic rings. The van der Waals surface area contributed by atoms with Gasteiger partial charge in [-0.25, -0.2) is 0 Å². The van der Waals surface area contributed by atoms with Gasteiger partial charge in [0.1, 0.15) is 6.10 Å². The zero-order valence-corrected chi connectivity index (χ0v) is 8.62. The summed E-state index contributed by atoms with van der Waals surface area (Å²) in [6.45, 7) is 3.63. The molecule has 0 aliphatic carbocycles. The van der Waals surface area contributed by atoms with E-state index in [0.29, 0.717) is 19.3 Å². The van der Waals surface area contributed by atoms with Crippen LogP contribution in [0, 0.1) is 0 Å². The summed E-state index contributed by atoms with van der Waals surface area (Å²) in [5.41, 5.74) is 0. The Labute approximate surface area is 83.6 Å². The van der Waals surface area contributed by atoms with Crippen LogP contribution in [0.3, 0.4) is 0 Å². The fourth-order valence-corrected chi connectivity index (χ4v) is 1.39. The van der Waals surface area contributed by atoms with Crippen LogP contribution in [-0.2, 0) is 19.1 Å². The molecule has 0 bridgehead atoms. The van der Waals surface area contributed by atoms with Gasteiger partial charge < -0.3 is 9.47 Å². The summed E-state index contributed by atoms with van der Waals surface area (Å²) in [5, 5.41) is 0. The minimum atomic E-state index is -0.219. The number of cyclic esters (lactones) is 1. The van der Waals surface area contributed by atoms with Gasteiger partial charge in [-0.3, -0.25) is 9.59 Å². The van der Waals surface area contributed by atoms with E-state index in [1.807, 2.05) is 13.8 Å². The number of carbonyl (C=O) groups is 2. The summed E-state index contributed by atoms with van der Waals surface area (Å²) in [5.74, 6) is -0.379. The highest BCUT2D eigenvalue weighted by Gasteiger charge is 2.23. The highest BCUT2D eigenvalue weighted by Crippen LogP contribution is 2.18. The lowest BCUT2D eigenvalue weighted by atomic mass is 10.1. The molecule has 1 atom stereocenters. The lowest BCUT2D eigenvalue weighted by Crippen LogP contribution is -2.14. The van der Waals surface area contributed by atoms with E-state index in [-0.39, 0.29) is 24.1 Å². The van der Waals surface area contributed by atoms with E-state index >= 15 is 0 Å². The van der Waals surface area contributed by atoms with Crippen molar-refractivity contribution in [3.05, 3.63) is 0 Å². The highest BCUT2D eigenvalue weighted by atomic mass is 16.6. The predicted octanol–water partition coefficient (Wildman–Crippen LogP) is 1.42. The van der Waals surface area contributed by atoms with Crippen molar-refractivity contribution in [2.45, 2.75) is 51.7 Å². The first-order valence-electron chi connectivity index (χ1n) is 4.97. The number of esters is 2. The molecule has 4 nitrogen and oxygen atoms in total. The fraction of sp³-hybridized carbons (Fsp3) is 0.800. The standard InChI is InChI=1S/C10H16O4/c1-7(2)13-9(11)5-3-8-4-6-10(12)14-8/h7-8H,3-6H2,1-2H3/t8-/m1/s1. The molecule has 0 saturated carbocycles. The summed E-state index contributed by atoms with van der Waals surface area (Å²) in [7, 11) is 0. The molecule has 0 aromatic heterocycles. The largest absolute Gasteiger partial charge is 0.463 e. The van der Waals surface area contributed by atoms with E-state index in [1.165, 1.54) is 0 Å². The van der Waals surface area contributed by atoms with Crippen LogP contribution < -0.4 is 0 Å². The van der Waals surface area contributed by atoms with Crippen LogP contribution in [-0.4, -0.2) is 24.1 Å². The van der Waals surface area contributed by atoms with Gasteiger partial charge in [0, 0.05) is 12.8 Å². The van der Waals surface area contributed by atoms with Gasteiger partial charge >= 0.3 is 11.9 Å². The predicted molar refractivity (Wildman–Crippen MR) is 49.6 cm³/mol. The van der Waals surface area contributed by atoms with Crippen molar-refractivity contribution in [1.29, 1.82) is 0 Å². The van der Waals surface area contributed by atoms with Gasteiger partial charge in [0.05, 0.1) is 6.10 Å². The maximum Gasteiger partial charge on any atom is 0.306 e. The van der Waals surface area contributed by atoms with Crippen LogP contribution in [0.5, 0.6) is 0 Å². The summed E-state index contributed by atoms with van der Waals surface area (Å²) in [4.78, 5) is 21.9. The van der Waals surface area contributed by atoms with Gasteiger partial charge in [0.15, 0.2) is 0 Å². The van der Waals surface area contributed by atoms with Gasteiger partial charge in [-0.15, -0.1) is 0 Å². The SMILES string of the molecule is CC(C)OC(=O)CC[C@@H]1CCC(=O)O1. The molecule has 80 valence electrons. The molecule has 1 aliphatic heterocycles. The number of rotatable bonds is 4. The van der Waals surface area contributed by atoms with Crippen molar-refractivity contribution in [2.24, 2.45) is 0 Å². The lowest BCUT2D eigenvalue weighted by Gasteiger charge is -2.10. The van der Waals surface area contributed by atoms with Gasteiger partial charge in [-0.05, 0) is 26.7 Å². The Morgan fingerprint density at radius 1 is 1.64 bits per heavy atom. The molecular weight excluding hydrogens is 184 g/mol. The molecule has 0 radical (unpaired) electrons. The molecule has 0 N–H and O–H groups in total. The van der Waals surface area contributed by atoms with Gasteiger partial charge in [-0.2, -0.15) is 0 Å². The Morgan fingerprint density at radius 2 is 2.36 bits per heavy atom. The second-order valence-electron chi connectivity index (χ2n) is 3.73. The molecule has 4 heteroatoms. The molecule has 1 rings (SSSR count). The highest BCUT2D eigenvalue weighted by molar-refractivity contribution is 5.72. The van der Waals surface area contributed by atoms with E-state index < -0.39 is 0 Å². The fourth-order valence-electron chi connectivity index (χ4n) is 1.39. The van der Waals surface area contributed by atoms with Gasteiger partial charge in [0.2, 0.25) is 0 Å². The molecule has 1 fully saturated rings. The Morgan fingerprint density at radius 3 is 2.86 bits per heavy atom. The number of hydrogen-bond acceptors (Lipinski definition) is 4. The molecule has 1 saturated heterocycles. The summed E-state index contributed by atoms with van der Waals surface area (Å²) >= 11 is 0. The smallest absolute Gasteiger partial charge is 0.306 e. The van der Waals surface area contributed by atoms with Crippen LogP contribution in [0.15, 0.2) is 0 Å². The summed E-state index contributed by atoms with van der Waals surface area (Å²) in [6.07, 6.45) is 1.96. The van der Waals surface area contributed by atoms with E-state index in [4.69, 9.17) is 9.47 Å². The summed E-state index contributed by atoms with van der Waals surface area (Å²) in [6, 6.07) is 0. The average Bonchev–Trinajstić information content (AvgIpc) is 2.47. The molecular formula is C10H16O4. The molecule has 14 heavy (non-hydrogen) atoms. The molecule has 0 spiro atoms. The monoisotopic (exact) mass is 200 g/mol. The second-order valence-corrected chi connectivity index (χ2v) is 3.73. The Balaban J connectivity index is 2.14. The van der Waals surface area contributed by atoms with Crippen molar-refractivity contribution in [2.75, 3.05) is 0 Å². The zero-order chi connectivity index (χ0) is 10.6. The molecule has 0 unspecified atom stereocenters. The second kappa shape index (κ2) is 4.98. The van der Waals surface area contributed by atoms with Crippen LogP contribution in [0.1, 0.15) is 39.5 Å². The van der Waals surface area contributed by atoms with Gasteiger partial charge in [-0.1, -0.05) is 0 Å². The molecule has 0 amide bonds. The van der Waals surface area contributed by atoms with Crippen molar-refractivity contribution < 1.29 is 19.1 Å². The summed E-state index contributed by atoms with van der Waals surface area (Å²) < 4.78 is 9.93. The van der Waals surface area contributed by atoms with E-state index in [2.05, 4.69) is 0 Å². The third-order valence-corrected chi connectivity index (χ3v) is 2.01. The maximum atomic E-state index is 11.1. The lowest BCUT2D eigenvalue weighted by molar-refractivity contribution is -0.150. The number of carbonyl (C=O) groups excluding carboxylic acids is 2. The maximum absolute atomic E-state index is 11.1. The van der Waals surface area contributed by atoms with E-state index in [1.54, 1.807) is 0 Å². The third-order valence-electron chi connectivity index (χ3n) is 2.01. The molecule has 1 heterocycles.